The van der Waals surface area contributed by atoms with E-state index in [4.69, 9.17) is 5.11 Å². The molecule has 0 bridgehead atoms. The largest absolute Gasteiger partial charge is 0.480 e. The quantitative estimate of drug-likeness (QED) is 0.769. The van der Waals surface area contributed by atoms with E-state index in [9.17, 15) is 9.59 Å². The van der Waals surface area contributed by atoms with Crippen LogP contribution in [0.2, 0.25) is 0 Å². The van der Waals surface area contributed by atoms with Gasteiger partial charge in [-0.05, 0) is 24.2 Å². The van der Waals surface area contributed by atoms with Crippen molar-refractivity contribution in [1.29, 1.82) is 0 Å². The van der Waals surface area contributed by atoms with E-state index >= 15 is 0 Å². The Hall–Kier alpha value is -1.06. The van der Waals surface area contributed by atoms with Crippen LogP contribution in [0.4, 0.5) is 0 Å². The molecule has 0 radical (unpaired) electrons. The molecular weight excluding hydrogens is 206 g/mol. The first-order chi connectivity index (χ1) is 7.30. The summed E-state index contributed by atoms with van der Waals surface area (Å²) < 4.78 is 0. The summed E-state index contributed by atoms with van der Waals surface area (Å²) in [4.78, 5) is 22.7. The Bertz CT molecular complexity index is 276. The Morgan fingerprint density at radius 1 is 1.38 bits per heavy atom. The van der Waals surface area contributed by atoms with Crippen LogP contribution in [0.25, 0.3) is 0 Å². The van der Waals surface area contributed by atoms with Crippen molar-refractivity contribution in [2.75, 3.05) is 0 Å². The number of hydrogen-bond acceptors (Lipinski definition) is 2. The van der Waals surface area contributed by atoms with Gasteiger partial charge in [0.05, 0.1) is 0 Å². The average molecular weight is 227 g/mol. The average Bonchev–Trinajstić information content (AvgIpc) is 2.05. The number of hydrogen-bond donors (Lipinski definition) is 2. The van der Waals surface area contributed by atoms with Crippen LogP contribution < -0.4 is 5.32 Å². The SMILES string of the molecule is CC(C)(C)[C@H](NC(=O)CC1CCC1)C(=O)O. The second kappa shape index (κ2) is 4.85. The molecule has 1 rings (SSSR count). The fraction of sp³-hybridized carbons (Fsp3) is 0.833. The highest BCUT2D eigenvalue weighted by molar-refractivity contribution is 5.84. The molecule has 0 aromatic heterocycles. The van der Waals surface area contributed by atoms with E-state index in [1.165, 1.54) is 6.42 Å². The van der Waals surface area contributed by atoms with Gasteiger partial charge in [0.2, 0.25) is 5.91 Å². The van der Waals surface area contributed by atoms with Gasteiger partial charge in [-0.3, -0.25) is 4.79 Å². The van der Waals surface area contributed by atoms with Gasteiger partial charge < -0.3 is 10.4 Å². The summed E-state index contributed by atoms with van der Waals surface area (Å²) in [5.74, 6) is -0.629. The number of carboxylic acids is 1. The zero-order valence-electron chi connectivity index (χ0n) is 10.2. The minimum absolute atomic E-state index is 0.132. The van der Waals surface area contributed by atoms with Crippen molar-refractivity contribution in [3.63, 3.8) is 0 Å². The molecule has 0 aliphatic heterocycles. The number of carbonyl (C=O) groups is 2. The second-order valence-electron chi connectivity index (χ2n) is 5.71. The molecule has 1 fully saturated rings. The molecule has 0 unspecified atom stereocenters. The second-order valence-corrected chi connectivity index (χ2v) is 5.71. The zero-order chi connectivity index (χ0) is 12.3. The Morgan fingerprint density at radius 2 is 1.94 bits per heavy atom. The maximum atomic E-state index is 11.6. The van der Waals surface area contributed by atoms with Crippen molar-refractivity contribution in [3.05, 3.63) is 0 Å². The van der Waals surface area contributed by atoms with Crippen LogP contribution in [-0.4, -0.2) is 23.0 Å². The monoisotopic (exact) mass is 227 g/mol. The highest BCUT2D eigenvalue weighted by Crippen LogP contribution is 2.29. The van der Waals surface area contributed by atoms with Gasteiger partial charge in [-0.2, -0.15) is 0 Å². The van der Waals surface area contributed by atoms with Crippen LogP contribution in [-0.2, 0) is 9.59 Å². The van der Waals surface area contributed by atoms with Crippen molar-refractivity contribution >= 4 is 11.9 Å². The molecule has 4 nitrogen and oxygen atoms in total. The number of carbonyl (C=O) groups excluding carboxylic acids is 1. The van der Waals surface area contributed by atoms with Crippen LogP contribution in [0.3, 0.4) is 0 Å². The highest BCUT2D eigenvalue weighted by Gasteiger charge is 2.33. The Kier molecular flexibility index (Phi) is 3.94. The molecule has 2 N–H and O–H groups in total. The van der Waals surface area contributed by atoms with Crippen molar-refractivity contribution in [2.24, 2.45) is 11.3 Å². The molecule has 92 valence electrons. The van der Waals surface area contributed by atoms with Gasteiger partial charge in [0.25, 0.3) is 0 Å². The van der Waals surface area contributed by atoms with E-state index in [2.05, 4.69) is 5.32 Å². The maximum Gasteiger partial charge on any atom is 0.326 e. The van der Waals surface area contributed by atoms with Gasteiger partial charge in [0.1, 0.15) is 6.04 Å². The number of carboxylic acid groups (broad SMARTS) is 1. The van der Waals surface area contributed by atoms with Crippen molar-refractivity contribution in [1.82, 2.24) is 5.32 Å². The van der Waals surface area contributed by atoms with Gasteiger partial charge in [-0.15, -0.1) is 0 Å². The summed E-state index contributed by atoms with van der Waals surface area (Å²) in [6, 6.07) is -0.805. The van der Waals surface area contributed by atoms with Gasteiger partial charge in [0.15, 0.2) is 0 Å². The molecule has 1 atom stereocenters. The lowest BCUT2D eigenvalue weighted by Crippen LogP contribution is -2.49. The number of rotatable bonds is 4. The third kappa shape index (κ3) is 3.51. The third-order valence-corrected chi connectivity index (χ3v) is 3.12. The molecule has 1 aliphatic rings. The van der Waals surface area contributed by atoms with E-state index in [1.54, 1.807) is 0 Å². The molecule has 16 heavy (non-hydrogen) atoms. The highest BCUT2D eigenvalue weighted by atomic mass is 16.4. The molecule has 4 heteroatoms. The Balaban J connectivity index is 2.47. The standard InChI is InChI=1S/C12H21NO3/c1-12(2,3)10(11(15)16)13-9(14)7-8-5-4-6-8/h8,10H,4-7H2,1-3H3,(H,13,14)(H,15,16)/t10-/m1/s1. The first-order valence-corrected chi connectivity index (χ1v) is 5.83. The number of aliphatic carboxylic acids is 1. The summed E-state index contributed by atoms with van der Waals surface area (Å²) in [7, 11) is 0. The number of nitrogens with one attached hydrogen (secondary N) is 1. The Labute approximate surface area is 96.4 Å². The van der Waals surface area contributed by atoms with E-state index in [-0.39, 0.29) is 5.91 Å². The van der Waals surface area contributed by atoms with E-state index in [0.29, 0.717) is 12.3 Å². The normalized spacial score (nSPS) is 18.7. The minimum Gasteiger partial charge on any atom is -0.480 e. The van der Waals surface area contributed by atoms with Gasteiger partial charge >= 0.3 is 5.97 Å². The summed E-state index contributed by atoms with van der Waals surface area (Å²) in [5.41, 5.74) is -0.457. The summed E-state index contributed by atoms with van der Waals surface area (Å²) in [5, 5.41) is 11.7. The maximum absolute atomic E-state index is 11.6. The molecule has 0 aromatic carbocycles. The third-order valence-electron chi connectivity index (χ3n) is 3.12. The van der Waals surface area contributed by atoms with Gasteiger partial charge in [-0.25, -0.2) is 4.79 Å². The first kappa shape index (κ1) is 13.0. The molecule has 0 heterocycles. The van der Waals surface area contributed by atoms with Crippen LogP contribution in [0.15, 0.2) is 0 Å². The van der Waals surface area contributed by atoms with Crippen LogP contribution in [0, 0.1) is 11.3 Å². The topological polar surface area (TPSA) is 66.4 Å². The fourth-order valence-corrected chi connectivity index (χ4v) is 1.83. The van der Waals surface area contributed by atoms with Crippen LogP contribution in [0.1, 0.15) is 46.5 Å². The van der Waals surface area contributed by atoms with E-state index < -0.39 is 17.4 Å². The van der Waals surface area contributed by atoms with Crippen molar-refractivity contribution in [2.45, 2.75) is 52.5 Å². The molecule has 1 aliphatic carbocycles. The van der Waals surface area contributed by atoms with E-state index in [0.717, 1.165) is 12.8 Å². The molecule has 1 saturated carbocycles. The molecule has 1 amide bonds. The smallest absolute Gasteiger partial charge is 0.326 e. The lowest BCUT2D eigenvalue weighted by molar-refractivity contribution is -0.145. The lowest BCUT2D eigenvalue weighted by atomic mass is 9.82. The van der Waals surface area contributed by atoms with Crippen LogP contribution in [0.5, 0.6) is 0 Å². The number of amides is 1. The minimum atomic E-state index is -0.963. The van der Waals surface area contributed by atoms with Crippen LogP contribution >= 0.6 is 0 Å². The molecule has 0 spiro atoms. The van der Waals surface area contributed by atoms with Gasteiger partial charge in [0, 0.05) is 6.42 Å². The van der Waals surface area contributed by atoms with Crippen molar-refractivity contribution in [3.8, 4) is 0 Å². The van der Waals surface area contributed by atoms with Gasteiger partial charge in [-0.1, -0.05) is 27.2 Å². The zero-order valence-corrected chi connectivity index (χ0v) is 10.2. The Morgan fingerprint density at radius 3 is 2.25 bits per heavy atom. The molecular formula is C12H21NO3. The first-order valence-electron chi connectivity index (χ1n) is 5.83. The molecule has 0 saturated heterocycles. The fourth-order valence-electron chi connectivity index (χ4n) is 1.83. The summed E-state index contributed by atoms with van der Waals surface area (Å²) in [6.07, 6.45) is 3.86. The van der Waals surface area contributed by atoms with Crippen molar-refractivity contribution < 1.29 is 14.7 Å². The van der Waals surface area contributed by atoms with E-state index in [1.807, 2.05) is 20.8 Å². The lowest BCUT2D eigenvalue weighted by Gasteiger charge is -2.30. The molecule has 0 aromatic rings. The predicted molar refractivity (Wildman–Crippen MR) is 61.0 cm³/mol. The predicted octanol–water partition coefficient (Wildman–Crippen LogP) is 1.79. The summed E-state index contributed by atoms with van der Waals surface area (Å²) >= 11 is 0. The summed E-state index contributed by atoms with van der Waals surface area (Å²) in [6.45, 7) is 5.44.